The molecular formula is C48H42Si4. The lowest BCUT2D eigenvalue weighted by atomic mass is 10.4. The molecule has 0 unspecified atom stereocenters. The molecule has 8 aromatic carbocycles. The Kier molecular flexibility index (Phi) is 10.0. The summed E-state index contributed by atoms with van der Waals surface area (Å²) in [7, 11) is -10.4. The fourth-order valence-electron chi connectivity index (χ4n) is 9.14. The first kappa shape index (κ1) is 33.8. The van der Waals surface area contributed by atoms with Crippen LogP contribution in [0.1, 0.15) is 0 Å². The molecule has 0 saturated carbocycles. The summed E-state index contributed by atoms with van der Waals surface area (Å²) in [6.07, 6.45) is 0. The van der Waals surface area contributed by atoms with Crippen LogP contribution in [0.3, 0.4) is 0 Å². The van der Waals surface area contributed by atoms with Crippen LogP contribution in [0.15, 0.2) is 243 Å². The van der Waals surface area contributed by atoms with Crippen molar-refractivity contribution in [3.05, 3.63) is 243 Å². The van der Waals surface area contributed by atoms with Gasteiger partial charge in [-0.15, -0.1) is 0 Å². The third kappa shape index (κ3) is 5.94. The Balaban J connectivity index is 1.71. The van der Waals surface area contributed by atoms with Crippen LogP contribution in [-0.4, -0.2) is 30.8 Å². The second-order valence-corrected chi connectivity index (χ2v) is 40.4. The molecule has 0 saturated heterocycles. The summed E-state index contributed by atoms with van der Waals surface area (Å²) in [5, 5.41) is 12.3. The average Bonchev–Trinajstić information content (AvgIpc) is 3.24. The Morgan fingerprint density at radius 2 is 0.346 bits per heavy atom. The van der Waals surface area contributed by atoms with Crippen LogP contribution in [0.25, 0.3) is 0 Å². The molecule has 0 bridgehead atoms. The summed E-state index contributed by atoms with van der Waals surface area (Å²) >= 11 is 0. The smallest absolute Gasteiger partial charge is 0.0632 e. The van der Waals surface area contributed by atoms with E-state index in [2.05, 4.69) is 243 Å². The first-order chi connectivity index (χ1) is 25.8. The molecule has 0 amide bonds. The average molecular weight is 731 g/mol. The van der Waals surface area contributed by atoms with Gasteiger partial charge in [0.1, 0.15) is 30.8 Å². The highest BCUT2D eigenvalue weighted by atomic mass is 29.8. The Bertz CT molecular complexity index is 1950. The van der Waals surface area contributed by atoms with Crippen LogP contribution in [0.5, 0.6) is 0 Å². The van der Waals surface area contributed by atoms with E-state index in [9.17, 15) is 0 Å². The zero-order valence-corrected chi connectivity index (χ0v) is 33.6. The molecule has 8 aromatic rings. The van der Waals surface area contributed by atoms with Crippen molar-refractivity contribution in [1.82, 2.24) is 0 Å². The molecule has 0 heterocycles. The molecule has 0 N–H and O–H groups in total. The van der Waals surface area contributed by atoms with Crippen molar-refractivity contribution in [3.8, 4) is 0 Å². The van der Waals surface area contributed by atoms with Crippen molar-refractivity contribution in [3.63, 3.8) is 0 Å². The Hall–Kier alpha value is -5.37. The highest BCUT2D eigenvalue weighted by molar-refractivity contribution is 7.94. The van der Waals surface area contributed by atoms with Crippen LogP contribution in [0, 0.1) is 0 Å². The quantitative estimate of drug-likeness (QED) is 0.168. The minimum absolute atomic E-state index is 1.52. The maximum Gasteiger partial charge on any atom is 0.119 e. The molecule has 0 aliphatic carbocycles. The third-order valence-corrected chi connectivity index (χ3v) is 59.9. The normalized spacial score (nSPS) is 11.8. The lowest BCUT2D eigenvalue weighted by Gasteiger charge is -2.56. The molecule has 0 aliphatic heterocycles. The van der Waals surface area contributed by atoms with Crippen molar-refractivity contribution in [2.75, 3.05) is 0 Å². The lowest BCUT2D eigenvalue weighted by Crippen LogP contribution is -3.00. The molecule has 0 fully saturated rings. The van der Waals surface area contributed by atoms with Gasteiger partial charge in [-0.2, -0.15) is 0 Å². The monoisotopic (exact) mass is 730 g/mol. The van der Waals surface area contributed by atoms with Crippen LogP contribution in [0.2, 0.25) is 0 Å². The van der Waals surface area contributed by atoms with E-state index >= 15 is 0 Å². The number of hydrogen-bond donors (Lipinski definition) is 0. The van der Waals surface area contributed by atoms with E-state index in [4.69, 9.17) is 0 Å². The van der Waals surface area contributed by atoms with Crippen molar-refractivity contribution >= 4 is 72.3 Å². The van der Waals surface area contributed by atoms with E-state index in [0.717, 1.165) is 0 Å². The highest BCUT2D eigenvalue weighted by Gasteiger charge is 2.67. The van der Waals surface area contributed by atoms with Gasteiger partial charge in [-0.05, 0) is 0 Å². The van der Waals surface area contributed by atoms with E-state index in [0.29, 0.717) is 0 Å². The van der Waals surface area contributed by atoms with E-state index in [1.54, 1.807) is 20.7 Å². The molecule has 8 rings (SSSR count). The molecule has 0 radical (unpaired) electrons. The molecule has 0 aliphatic rings. The SMILES string of the molecule is c1ccc([SiH](c2ccccc2)[Si](c2ccccc2)(c2ccccc2)[Si](c2ccccc2)(c2ccccc2)[SiH](c2ccccc2)c2ccccc2)cc1. The minimum atomic E-state index is -3.01. The second kappa shape index (κ2) is 15.5. The van der Waals surface area contributed by atoms with E-state index in [-0.39, 0.29) is 0 Å². The minimum Gasteiger partial charge on any atom is -0.0632 e. The van der Waals surface area contributed by atoms with Gasteiger partial charge in [0.25, 0.3) is 0 Å². The maximum atomic E-state index is 2.53. The Labute approximate surface area is 313 Å². The lowest BCUT2D eigenvalue weighted by molar-refractivity contribution is 1.70. The fraction of sp³-hybridized carbons (Fsp3) is 0. The zero-order chi connectivity index (χ0) is 35.1. The van der Waals surface area contributed by atoms with Crippen molar-refractivity contribution in [1.29, 1.82) is 0 Å². The molecule has 0 aromatic heterocycles. The topological polar surface area (TPSA) is 0 Å². The largest absolute Gasteiger partial charge is 0.119 e. The Morgan fingerprint density at radius 3 is 0.519 bits per heavy atom. The standard InChI is InChI=1S/C48H42Si4/c1-9-25-41(26-10-1)49(42-27-11-2-12-28-42)51(45-33-17-5-18-34-45,46-35-19-6-20-36-46)52(47-37-21-7-22-38-47,48-39-23-8-24-40-48)50(43-29-13-3-14-30-43)44-31-15-4-16-32-44/h1-40,49-50H. The highest BCUT2D eigenvalue weighted by Crippen LogP contribution is 2.28. The molecule has 250 valence electrons. The molecule has 4 heteroatoms. The fourth-order valence-corrected chi connectivity index (χ4v) is 76.0. The molecule has 0 nitrogen and oxygen atoms in total. The van der Waals surface area contributed by atoms with Gasteiger partial charge in [0, 0.05) is 0 Å². The molecular weight excluding hydrogens is 689 g/mol. The van der Waals surface area contributed by atoms with E-state index in [1.165, 1.54) is 20.7 Å². The predicted octanol–water partition coefficient (Wildman–Crippen LogP) is 4.83. The first-order valence-electron chi connectivity index (χ1n) is 18.3. The van der Waals surface area contributed by atoms with E-state index in [1.807, 2.05) is 0 Å². The molecule has 0 atom stereocenters. The summed E-state index contributed by atoms with van der Waals surface area (Å²) in [4.78, 5) is 0. The molecule has 52 heavy (non-hydrogen) atoms. The summed E-state index contributed by atoms with van der Waals surface area (Å²) in [6.45, 7) is 0. The summed E-state index contributed by atoms with van der Waals surface area (Å²) < 4.78 is 0. The first-order valence-corrected chi connectivity index (χ1v) is 29.2. The third-order valence-electron chi connectivity index (χ3n) is 10.9. The number of rotatable bonds is 11. The second-order valence-electron chi connectivity index (χ2n) is 13.6. The maximum absolute atomic E-state index is 3.01. The van der Waals surface area contributed by atoms with Gasteiger partial charge in [0.05, 0.1) is 0 Å². The number of hydrogen-bond acceptors (Lipinski definition) is 0. The van der Waals surface area contributed by atoms with Crippen LogP contribution in [0.4, 0.5) is 0 Å². The predicted molar refractivity (Wildman–Crippen MR) is 234 cm³/mol. The van der Waals surface area contributed by atoms with Crippen molar-refractivity contribution < 1.29 is 0 Å². The van der Waals surface area contributed by atoms with Gasteiger partial charge in [0.15, 0.2) is 0 Å². The van der Waals surface area contributed by atoms with Gasteiger partial charge in [-0.1, -0.05) is 284 Å². The van der Waals surface area contributed by atoms with Crippen molar-refractivity contribution in [2.24, 2.45) is 0 Å². The summed E-state index contributed by atoms with van der Waals surface area (Å²) in [5.74, 6) is 0. The number of benzene rings is 8. The van der Waals surface area contributed by atoms with Crippen LogP contribution < -0.4 is 41.5 Å². The zero-order valence-electron chi connectivity index (χ0n) is 29.2. The Morgan fingerprint density at radius 1 is 0.192 bits per heavy atom. The van der Waals surface area contributed by atoms with Crippen LogP contribution in [-0.2, 0) is 0 Å². The van der Waals surface area contributed by atoms with Crippen molar-refractivity contribution in [2.45, 2.75) is 0 Å². The van der Waals surface area contributed by atoms with Gasteiger partial charge in [0.2, 0.25) is 0 Å². The van der Waals surface area contributed by atoms with Crippen LogP contribution >= 0.6 is 0 Å². The van der Waals surface area contributed by atoms with Gasteiger partial charge >= 0.3 is 0 Å². The van der Waals surface area contributed by atoms with Gasteiger partial charge in [-0.25, -0.2) is 0 Å². The van der Waals surface area contributed by atoms with Gasteiger partial charge in [-0.3, -0.25) is 0 Å². The van der Waals surface area contributed by atoms with E-state index < -0.39 is 30.8 Å². The molecule has 0 spiro atoms. The summed E-state index contributed by atoms with van der Waals surface area (Å²) in [5.41, 5.74) is 0. The van der Waals surface area contributed by atoms with Gasteiger partial charge < -0.3 is 0 Å². The summed E-state index contributed by atoms with van der Waals surface area (Å²) in [6, 6.07) is 94.4.